The second-order valence-corrected chi connectivity index (χ2v) is 10.2. The van der Waals surface area contributed by atoms with Gasteiger partial charge in [0.25, 0.3) is 5.91 Å². The van der Waals surface area contributed by atoms with Crippen LogP contribution in [0.2, 0.25) is 0 Å². The molecule has 1 heterocycles. The molecule has 0 aliphatic carbocycles. The topological polar surface area (TPSA) is 46.6 Å². The molecule has 30 heavy (non-hydrogen) atoms. The molecule has 0 aromatic heterocycles. The molecule has 1 amide bonds. The molecular weight excluding hydrogens is 374 g/mol. The van der Waals surface area contributed by atoms with Gasteiger partial charge in [-0.2, -0.15) is 0 Å². The molecular formula is C26H33NO3. The highest BCUT2D eigenvalue weighted by molar-refractivity contribution is 5.98. The Morgan fingerprint density at radius 1 is 0.933 bits per heavy atom. The normalized spacial score (nSPS) is 14.3. The van der Waals surface area contributed by atoms with Crippen molar-refractivity contribution in [2.24, 2.45) is 0 Å². The summed E-state index contributed by atoms with van der Waals surface area (Å²) in [7, 11) is 0. The van der Waals surface area contributed by atoms with Crippen molar-refractivity contribution < 1.29 is 14.3 Å². The average Bonchev–Trinajstić information content (AvgIpc) is 2.69. The summed E-state index contributed by atoms with van der Waals surface area (Å²) in [4.78, 5) is 27.4. The van der Waals surface area contributed by atoms with Gasteiger partial charge in [0, 0.05) is 12.2 Å². The predicted octanol–water partition coefficient (Wildman–Crippen LogP) is 5.42. The van der Waals surface area contributed by atoms with Gasteiger partial charge < -0.3 is 9.64 Å². The maximum absolute atomic E-state index is 12.8. The number of aryl methyl sites for hydroxylation is 1. The number of ether oxygens (including phenoxy) is 1. The van der Waals surface area contributed by atoms with Gasteiger partial charge in [0.1, 0.15) is 0 Å². The summed E-state index contributed by atoms with van der Waals surface area (Å²) in [5, 5.41) is 0. The second-order valence-electron chi connectivity index (χ2n) is 10.2. The van der Waals surface area contributed by atoms with E-state index in [1.54, 1.807) is 4.90 Å². The van der Waals surface area contributed by atoms with E-state index in [9.17, 15) is 9.59 Å². The summed E-state index contributed by atoms with van der Waals surface area (Å²) in [6.07, 6.45) is 1.88. The number of carbonyl (C=O) groups excluding carboxylic acids is 2. The van der Waals surface area contributed by atoms with Crippen LogP contribution in [0, 0.1) is 0 Å². The zero-order valence-electron chi connectivity index (χ0n) is 19.0. The van der Waals surface area contributed by atoms with Crippen molar-refractivity contribution in [2.75, 3.05) is 18.1 Å². The fourth-order valence-electron chi connectivity index (χ4n) is 3.69. The summed E-state index contributed by atoms with van der Waals surface area (Å²) in [5.41, 5.74) is 4.56. The van der Waals surface area contributed by atoms with Crippen molar-refractivity contribution in [2.45, 2.75) is 65.2 Å². The number of hydrogen-bond donors (Lipinski definition) is 0. The Morgan fingerprint density at radius 3 is 2.13 bits per heavy atom. The molecule has 0 radical (unpaired) electrons. The van der Waals surface area contributed by atoms with Crippen LogP contribution in [0.3, 0.4) is 0 Å². The lowest BCUT2D eigenvalue weighted by atomic mass is 9.79. The van der Waals surface area contributed by atoms with Crippen LogP contribution in [0.25, 0.3) is 0 Å². The molecule has 0 N–H and O–H groups in total. The monoisotopic (exact) mass is 407 g/mol. The molecule has 0 unspecified atom stereocenters. The van der Waals surface area contributed by atoms with E-state index in [2.05, 4.69) is 47.6 Å². The lowest BCUT2D eigenvalue weighted by Gasteiger charge is -2.29. The third-order valence-corrected chi connectivity index (χ3v) is 5.64. The number of para-hydroxylation sites is 1. The van der Waals surface area contributed by atoms with Crippen molar-refractivity contribution in [3.63, 3.8) is 0 Å². The molecule has 1 aliphatic heterocycles. The van der Waals surface area contributed by atoms with E-state index in [1.807, 2.05) is 36.4 Å². The number of nitrogens with zero attached hydrogens (tertiary/aromatic N) is 1. The molecule has 0 fully saturated rings. The molecule has 0 saturated heterocycles. The zero-order valence-corrected chi connectivity index (χ0v) is 19.0. The van der Waals surface area contributed by atoms with Gasteiger partial charge in [0.15, 0.2) is 6.61 Å². The van der Waals surface area contributed by atoms with Gasteiger partial charge in [0.2, 0.25) is 0 Å². The summed E-state index contributed by atoms with van der Waals surface area (Å²) in [6.45, 7) is 13.2. The molecule has 2 aromatic carbocycles. The van der Waals surface area contributed by atoms with E-state index in [4.69, 9.17) is 4.74 Å². The Balaban J connectivity index is 1.77. The Morgan fingerprint density at radius 2 is 1.53 bits per heavy atom. The maximum atomic E-state index is 12.8. The van der Waals surface area contributed by atoms with Crippen LogP contribution in [-0.2, 0) is 26.8 Å². The number of hydrogen-bond acceptors (Lipinski definition) is 3. The highest BCUT2D eigenvalue weighted by atomic mass is 16.5. The van der Waals surface area contributed by atoms with Crippen molar-refractivity contribution >= 4 is 17.6 Å². The van der Waals surface area contributed by atoms with E-state index in [1.165, 1.54) is 0 Å². The van der Waals surface area contributed by atoms with E-state index in [0.717, 1.165) is 35.2 Å². The van der Waals surface area contributed by atoms with E-state index in [0.29, 0.717) is 12.1 Å². The van der Waals surface area contributed by atoms with E-state index >= 15 is 0 Å². The summed E-state index contributed by atoms with van der Waals surface area (Å²) in [5.74, 6) is -0.635. The van der Waals surface area contributed by atoms with Crippen LogP contribution < -0.4 is 4.90 Å². The van der Waals surface area contributed by atoms with Crippen molar-refractivity contribution in [1.29, 1.82) is 0 Å². The Labute approximate surface area is 180 Å². The van der Waals surface area contributed by atoms with Crippen LogP contribution in [0.4, 0.5) is 5.69 Å². The summed E-state index contributed by atoms with van der Waals surface area (Å²) >= 11 is 0. The minimum Gasteiger partial charge on any atom is -0.452 e. The third-order valence-electron chi connectivity index (χ3n) is 5.64. The second kappa shape index (κ2) is 8.25. The highest BCUT2D eigenvalue weighted by Crippen LogP contribution is 2.31. The number of rotatable bonds is 3. The molecule has 1 aliphatic rings. The van der Waals surface area contributed by atoms with Gasteiger partial charge in [-0.25, -0.2) is 4.79 Å². The lowest BCUT2D eigenvalue weighted by molar-refractivity contribution is -0.121. The largest absolute Gasteiger partial charge is 0.452 e. The van der Waals surface area contributed by atoms with Crippen LogP contribution >= 0.6 is 0 Å². The SMILES string of the molecule is CC(C)(C)c1cc(C(=O)OCC(=O)N2CCCc3ccccc32)cc(C(C)(C)C)c1. The van der Waals surface area contributed by atoms with Crippen LogP contribution in [0.5, 0.6) is 0 Å². The lowest BCUT2D eigenvalue weighted by Crippen LogP contribution is -2.38. The number of amides is 1. The first-order chi connectivity index (χ1) is 14.0. The number of benzene rings is 2. The Hall–Kier alpha value is -2.62. The number of fused-ring (bicyclic) bond motifs is 1. The smallest absolute Gasteiger partial charge is 0.338 e. The first-order valence-corrected chi connectivity index (χ1v) is 10.7. The first-order valence-electron chi connectivity index (χ1n) is 10.7. The van der Waals surface area contributed by atoms with Crippen molar-refractivity contribution in [1.82, 2.24) is 0 Å². The third kappa shape index (κ3) is 4.92. The summed E-state index contributed by atoms with van der Waals surface area (Å²) in [6, 6.07) is 13.9. The number of anilines is 1. The molecule has 0 saturated carbocycles. The maximum Gasteiger partial charge on any atom is 0.338 e. The van der Waals surface area contributed by atoms with Gasteiger partial charge >= 0.3 is 5.97 Å². The van der Waals surface area contributed by atoms with E-state index < -0.39 is 5.97 Å². The van der Waals surface area contributed by atoms with Crippen LogP contribution in [0.1, 0.15) is 75.0 Å². The van der Waals surface area contributed by atoms with Gasteiger partial charge in [-0.15, -0.1) is 0 Å². The highest BCUT2D eigenvalue weighted by Gasteiger charge is 2.25. The molecule has 0 spiro atoms. The fraction of sp³-hybridized carbons (Fsp3) is 0.462. The molecule has 3 rings (SSSR count). The first kappa shape index (κ1) is 22.1. The van der Waals surface area contributed by atoms with Gasteiger partial charge in [-0.1, -0.05) is 65.8 Å². The van der Waals surface area contributed by atoms with Crippen molar-refractivity contribution in [3.8, 4) is 0 Å². The van der Waals surface area contributed by atoms with Crippen molar-refractivity contribution in [3.05, 3.63) is 64.7 Å². The summed E-state index contributed by atoms with van der Waals surface area (Å²) < 4.78 is 5.46. The molecule has 4 nitrogen and oxygen atoms in total. The minimum absolute atomic E-state index is 0.0936. The molecule has 160 valence electrons. The Bertz CT molecular complexity index is 915. The molecule has 0 bridgehead atoms. The van der Waals surface area contributed by atoms with Crippen LogP contribution in [-0.4, -0.2) is 25.0 Å². The predicted molar refractivity (Wildman–Crippen MR) is 121 cm³/mol. The number of carbonyl (C=O) groups is 2. The van der Waals surface area contributed by atoms with E-state index in [-0.39, 0.29) is 23.3 Å². The average molecular weight is 408 g/mol. The minimum atomic E-state index is -0.453. The molecule has 4 heteroatoms. The number of esters is 1. The Kier molecular flexibility index (Phi) is 6.07. The fourth-order valence-corrected chi connectivity index (χ4v) is 3.69. The standard InChI is InChI=1S/C26H33NO3/c1-25(2,3)20-14-19(15-21(16-20)26(4,5)6)24(29)30-17-23(28)27-13-9-11-18-10-7-8-12-22(18)27/h7-8,10,12,14-16H,9,11,13,17H2,1-6H3. The van der Waals surface area contributed by atoms with Gasteiger partial charge in [0.05, 0.1) is 5.56 Å². The quantitative estimate of drug-likeness (QED) is 0.639. The van der Waals surface area contributed by atoms with Gasteiger partial charge in [-0.3, -0.25) is 4.79 Å². The molecule has 2 aromatic rings. The molecule has 0 atom stereocenters. The zero-order chi connectivity index (χ0) is 22.1. The van der Waals surface area contributed by atoms with Crippen LogP contribution in [0.15, 0.2) is 42.5 Å². The van der Waals surface area contributed by atoms with Gasteiger partial charge in [-0.05, 0) is 58.6 Å².